The lowest BCUT2D eigenvalue weighted by atomic mass is 10.0. The van der Waals surface area contributed by atoms with Crippen LogP contribution in [0, 0.1) is 0 Å². The highest BCUT2D eigenvalue weighted by atomic mass is 16.1. The summed E-state index contributed by atoms with van der Waals surface area (Å²) in [5.74, 6) is -0.123. The van der Waals surface area contributed by atoms with Crippen molar-refractivity contribution in [1.29, 1.82) is 0 Å². The molecule has 34 heavy (non-hydrogen) atoms. The van der Waals surface area contributed by atoms with Crippen LogP contribution in [0.5, 0.6) is 0 Å². The number of carbonyl (C=O) groups excluding carboxylic acids is 1. The summed E-state index contributed by atoms with van der Waals surface area (Å²) in [6, 6.07) is 29.7. The van der Waals surface area contributed by atoms with Crippen molar-refractivity contribution in [2.24, 2.45) is 7.05 Å². The van der Waals surface area contributed by atoms with E-state index in [0.717, 1.165) is 39.9 Å². The van der Waals surface area contributed by atoms with Crippen LogP contribution in [0.1, 0.15) is 21.5 Å². The largest absolute Gasteiger partial charge is 0.355 e. The van der Waals surface area contributed by atoms with Crippen LogP contribution < -0.4 is 15.2 Å². The number of hydrogen-bond acceptors (Lipinski definition) is 3. The van der Waals surface area contributed by atoms with E-state index >= 15 is 0 Å². The molecule has 0 saturated carbocycles. The van der Waals surface area contributed by atoms with E-state index < -0.39 is 0 Å². The van der Waals surface area contributed by atoms with Gasteiger partial charge in [0.1, 0.15) is 7.05 Å². The number of amides is 1. The van der Waals surface area contributed by atoms with Crippen molar-refractivity contribution in [2.45, 2.75) is 6.42 Å². The Bertz CT molecular complexity index is 1440. The standard InChI is InChI=1S/C29H24N4O/c1-33-17-14-21(15-18-33)19-22-5-4-6-23(20-22)29(34)32-25-11-9-24(10-12-25)31-28-13-16-30-27-8-3-2-7-26(27)28/h2-18,20H,19H2,1H3,(H-,30,31,32,34)/p+1. The van der Waals surface area contributed by atoms with Crippen molar-refractivity contribution >= 4 is 33.9 Å². The van der Waals surface area contributed by atoms with Crippen molar-refractivity contribution in [3.05, 3.63) is 126 Å². The smallest absolute Gasteiger partial charge is 0.255 e. The molecule has 0 atom stereocenters. The number of nitrogens with one attached hydrogen (secondary N) is 2. The second kappa shape index (κ2) is 9.55. The van der Waals surface area contributed by atoms with Gasteiger partial charge < -0.3 is 10.6 Å². The van der Waals surface area contributed by atoms with Crippen LogP contribution in [-0.4, -0.2) is 10.9 Å². The zero-order valence-electron chi connectivity index (χ0n) is 18.9. The first kappa shape index (κ1) is 21.3. The van der Waals surface area contributed by atoms with Crippen molar-refractivity contribution < 1.29 is 9.36 Å². The highest BCUT2D eigenvalue weighted by Gasteiger charge is 2.08. The minimum atomic E-state index is -0.123. The number of anilines is 3. The third-order valence-electron chi connectivity index (χ3n) is 5.72. The Balaban J connectivity index is 1.26. The molecule has 0 radical (unpaired) electrons. The molecule has 0 aliphatic heterocycles. The first-order valence-corrected chi connectivity index (χ1v) is 11.2. The summed E-state index contributed by atoms with van der Waals surface area (Å²) in [6.07, 6.45) is 6.64. The van der Waals surface area contributed by atoms with Crippen LogP contribution in [0.4, 0.5) is 17.1 Å². The summed E-state index contributed by atoms with van der Waals surface area (Å²) < 4.78 is 2.01. The normalized spacial score (nSPS) is 10.7. The van der Waals surface area contributed by atoms with Crippen molar-refractivity contribution in [3.8, 4) is 0 Å². The topological polar surface area (TPSA) is 57.9 Å². The zero-order chi connectivity index (χ0) is 23.3. The van der Waals surface area contributed by atoms with E-state index in [2.05, 4.69) is 27.8 Å². The molecule has 5 aromatic rings. The van der Waals surface area contributed by atoms with Crippen LogP contribution >= 0.6 is 0 Å². The molecule has 0 saturated heterocycles. The molecule has 0 aliphatic rings. The molecule has 5 rings (SSSR count). The lowest BCUT2D eigenvalue weighted by Gasteiger charge is -2.11. The summed E-state index contributed by atoms with van der Waals surface area (Å²) in [5, 5.41) is 7.50. The highest BCUT2D eigenvalue weighted by Crippen LogP contribution is 2.25. The maximum Gasteiger partial charge on any atom is 0.255 e. The number of aryl methyl sites for hydroxylation is 1. The number of nitrogens with zero attached hydrogens (tertiary/aromatic N) is 2. The molecule has 2 aromatic heterocycles. The molecular formula is C29H25N4O+. The highest BCUT2D eigenvalue weighted by molar-refractivity contribution is 6.04. The van der Waals surface area contributed by atoms with Crippen LogP contribution in [0.3, 0.4) is 0 Å². The average Bonchev–Trinajstić information content (AvgIpc) is 2.87. The quantitative estimate of drug-likeness (QED) is 0.332. The summed E-state index contributed by atoms with van der Waals surface area (Å²) >= 11 is 0. The fraction of sp³-hybridized carbons (Fsp3) is 0.0690. The molecule has 0 bridgehead atoms. The Kier molecular flexibility index (Phi) is 5.99. The van der Waals surface area contributed by atoms with E-state index in [0.29, 0.717) is 5.56 Å². The minimum Gasteiger partial charge on any atom is -0.355 e. The Morgan fingerprint density at radius 1 is 0.824 bits per heavy atom. The first-order chi connectivity index (χ1) is 16.6. The van der Waals surface area contributed by atoms with Crippen molar-refractivity contribution in [2.75, 3.05) is 10.6 Å². The van der Waals surface area contributed by atoms with Gasteiger partial charge in [0, 0.05) is 46.3 Å². The summed E-state index contributed by atoms with van der Waals surface area (Å²) in [5.41, 5.74) is 6.57. The number of rotatable bonds is 6. The van der Waals surface area contributed by atoms with Crippen LogP contribution in [-0.2, 0) is 13.5 Å². The molecule has 0 aliphatic carbocycles. The Hall–Kier alpha value is -4.51. The molecule has 2 heterocycles. The van der Waals surface area contributed by atoms with Gasteiger partial charge in [-0.3, -0.25) is 9.78 Å². The number of fused-ring (bicyclic) bond motifs is 1. The van der Waals surface area contributed by atoms with Gasteiger partial charge in [0.15, 0.2) is 12.4 Å². The third kappa shape index (κ3) is 4.94. The third-order valence-corrected chi connectivity index (χ3v) is 5.72. The van der Waals surface area contributed by atoms with Gasteiger partial charge in [0.05, 0.1) is 5.52 Å². The lowest BCUT2D eigenvalue weighted by molar-refractivity contribution is -0.671. The molecular weight excluding hydrogens is 420 g/mol. The van der Waals surface area contributed by atoms with Gasteiger partial charge >= 0.3 is 0 Å². The van der Waals surface area contributed by atoms with Gasteiger partial charge in [-0.05, 0) is 66.1 Å². The number of para-hydroxylation sites is 1. The number of pyridine rings is 2. The Labute approximate surface area is 198 Å². The Morgan fingerprint density at radius 3 is 2.41 bits per heavy atom. The molecule has 0 fully saturated rings. The SMILES string of the molecule is C[n+]1ccc(Cc2cccc(C(=O)Nc3ccc(Nc4ccnc5ccccc45)cc3)c2)cc1. The maximum atomic E-state index is 12.8. The number of carbonyl (C=O) groups is 1. The number of aromatic nitrogens is 2. The van der Waals surface area contributed by atoms with E-state index in [1.807, 2.05) is 103 Å². The van der Waals surface area contributed by atoms with Crippen molar-refractivity contribution in [3.63, 3.8) is 0 Å². The van der Waals surface area contributed by atoms with Crippen LogP contribution in [0.25, 0.3) is 10.9 Å². The molecule has 3 aromatic carbocycles. The fourth-order valence-corrected chi connectivity index (χ4v) is 3.91. The van der Waals surface area contributed by atoms with Gasteiger partial charge in [-0.1, -0.05) is 30.3 Å². The summed E-state index contributed by atoms with van der Waals surface area (Å²) in [4.78, 5) is 17.3. The lowest BCUT2D eigenvalue weighted by Crippen LogP contribution is -2.25. The molecule has 0 unspecified atom stereocenters. The number of benzene rings is 3. The predicted molar refractivity (Wildman–Crippen MR) is 136 cm³/mol. The van der Waals surface area contributed by atoms with E-state index in [1.54, 1.807) is 6.20 Å². The van der Waals surface area contributed by atoms with Crippen molar-refractivity contribution in [1.82, 2.24) is 4.98 Å². The van der Waals surface area contributed by atoms with E-state index in [9.17, 15) is 4.79 Å². The zero-order valence-corrected chi connectivity index (χ0v) is 18.9. The van der Waals surface area contributed by atoms with Gasteiger partial charge in [-0.2, -0.15) is 0 Å². The van der Waals surface area contributed by atoms with Crippen LogP contribution in [0.15, 0.2) is 110 Å². The summed E-state index contributed by atoms with van der Waals surface area (Å²) in [7, 11) is 2.00. The first-order valence-electron chi connectivity index (χ1n) is 11.2. The fourth-order valence-electron chi connectivity index (χ4n) is 3.91. The second-order valence-electron chi connectivity index (χ2n) is 8.28. The van der Waals surface area contributed by atoms with Crippen LogP contribution in [0.2, 0.25) is 0 Å². The average molecular weight is 446 g/mol. The van der Waals surface area contributed by atoms with Gasteiger partial charge in [-0.15, -0.1) is 0 Å². The maximum absolute atomic E-state index is 12.8. The Morgan fingerprint density at radius 2 is 1.59 bits per heavy atom. The molecule has 166 valence electrons. The second-order valence-corrected chi connectivity index (χ2v) is 8.28. The number of hydrogen-bond donors (Lipinski definition) is 2. The summed E-state index contributed by atoms with van der Waals surface area (Å²) in [6.45, 7) is 0. The van der Waals surface area contributed by atoms with Gasteiger partial charge in [0.25, 0.3) is 5.91 Å². The van der Waals surface area contributed by atoms with Gasteiger partial charge in [0.2, 0.25) is 0 Å². The molecule has 0 spiro atoms. The monoisotopic (exact) mass is 445 g/mol. The predicted octanol–water partition coefficient (Wildman–Crippen LogP) is 5.65. The van der Waals surface area contributed by atoms with Gasteiger partial charge in [-0.25, -0.2) is 4.57 Å². The van der Waals surface area contributed by atoms with E-state index in [1.165, 1.54) is 5.56 Å². The molecule has 5 heteroatoms. The van der Waals surface area contributed by atoms with E-state index in [4.69, 9.17) is 0 Å². The molecule has 2 N–H and O–H groups in total. The molecule has 1 amide bonds. The minimum absolute atomic E-state index is 0.123. The molecule has 5 nitrogen and oxygen atoms in total. The van der Waals surface area contributed by atoms with E-state index in [-0.39, 0.29) is 5.91 Å².